The number of benzene rings is 2. The van der Waals surface area contributed by atoms with Gasteiger partial charge < -0.3 is 24.4 Å². The lowest BCUT2D eigenvalue weighted by molar-refractivity contribution is -0.176. The number of nitrogens with one attached hydrogen (secondary N) is 1. The highest BCUT2D eigenvalue weighted by Gasteiger charge is 2.50. The minimum Gasteiger partial charge on any atom is -0.380 e. The van der Waals surface area contributed by atoms with Crippen LogP contribution in [-0.2, 0) is 4.74 Å². The zero-order chi connectivity index (χ0) is 30.7. The van der Waals surface area contributed by atoms with E-state index in [1.807, 2.05) is 29.4 Å². The quantitative estimate of drug-likeness (QED) is 0.338. The van der Waals surface area contributed by atoms with Gasteiger partial charge in [0.25, 0.3) is 5.91 Å². The summed E-state index contributed by atoms with van der Waals surface area (Å²) in [5, 5.41) is 1.09. The number of ether oxygens (including phenoxy) is 1. The Labute approximate surface area is 266 Å². The van der Waals surface area contributed by atoms with E-state index in [2.05, 4.69) is 70.9 Å². The Balaban J connectivity index is 0.984. The second kappa shape index (κ2) is 11.3. The molecule has 6 heterocycles. The molecule has 2 aromatic carbocycles. The maximum Gasteiger partial charge on any atom is 0.253 e. The van der Waals surface area contributed by atoms with Crippen LogP contribution in [0.2, 0.25) is 0 Å². The van der Waals surface area contributed by atoms with Crippen LogP contribution in [0.5, 0.6) is 0 Å². The molecular weight excluding hydrogens is 560 g/mol. The van der Waals surface area contributed by atoms with Crippen molar-refractivity contribution in [3.63, 3.8) is 0 Å². The monoisotopic (exact) mass is 604 g/mol. The fourth-order valence-electron chi connectivity index (χ4n) is 8.15. The number of amides is 1. The van der Waals surface area contributed by atoms with E-state index in [-0.39, 0.29) is 11.3 Å². The van der Waals surface area contributed by atoms with Crippen LogP contribution in [-0.4, -0.2) is 109 Å². The number of piperidine rings is 1. The standard InChI is InChI=1S/C37H44N6O2/c1-25-16-29(17-26(2)34(25)42-14-12-41(13-15-42)31-8-10-40(3)11-9-31)30-18-32-33(20-39-35(32)38-19-30)27-4-6-28(7-5-27)36(44)43-21-37(22-43)23-45-24-37/h4-7,16-20,31H,8-15,21-24H2,1-3H3,(H,38,39). The van der Waals surface area contributed by atoms with Gasteiger partial charge in [0.15, 0.2) is 0 Å². The lowest BCUT2D eigenvalue weighted by atomic mass is 9.78. The van der Waals surface area contributed by atoms with Crippen molar-refractivity contribution in [3.8, 4) is 22.3 Å². The second-order valence-corrected chi connectivity index (χ2v) is 14.1. The van der Waals surface area contributed by atoms with Crippen molar-refractivity contribution in [2.75, 3.05) is 77.5 Å². The van der Waals surface area contributed by atoms with E-state index in [1.54, 1.807) is 0 Å². The largest absolute Gasteiger partial charge is 0.380 e. The van der Waals surface area contributed by atoms with Gasteiger partial charge in [-0.25, -0.2) is 4.98 Å². The second-order valence-electron chi connectivity index (χ2n) is 14.1. The first-order valence-electron chi connectivity index (χ1n) is 16.6. The molecule has 4 aliphatic rings. The number of hydrogen-bond acceptors (Lipinski definition) is 6. The summed E-state index contributed by atoms with van der Waals surface area (Å²) in [7, 11) is 2.24. The number of hydrogen-bond donors (Lipinski definition) is 1. The number of anilines is 1. The number of likely N-dealkylation sites (tertiary alicyclic amines) is 2. The van der Waals surface area contributed by atoms with Crippen LogP contribution in [0, 0.1) is 19.3 Å². The average molecular weight is 605 g/mol. The van der Waals surface area contributed by atoms with Gasteiger partial charge in [0, 0.05) is 85.5 Å². The molecule has 1 amide bonds. The van der Waals surface area contributed by atoms with E-state index in [0.717, 1.165) is 91.8 Å². The number of fused-ring (bicyclic) bond motifs is 1. The normalized spacial score (nSPS) is 20.9. The fourth-order valence-corrected chi connectivity index (χ4v) is 8.15. The first-order chi connectivity index (χ1) is 21.9. The predicted molar refractivity (Wildman–Crippen MR) is 180 cm³/mol. The van der Waals surface area contributed by atoms with Gasteiger partial charge in [0.2, 0.25) is 0 Å². The third-order valence-electron chi connectivity index (χ3n) is 10.8. The molecule has 0 bridgehead atoms. The number of aromatic nitrogens is 2. The van der Waals surface area contributed by atoms with Crippen LogP contribution in [0.1, 0.15) is 34.3 Å². The molecular formula is C37H44N6O2. The van der Waals surface area contributed by atoms with Crippen LogP contribution in [0.4, 0.5) is 5.69 Å². The lowest BCUT2D eigenvalue weighted by Crippen LogP contribution is -2.67. The molecule has 0 radical (unpaired) electrons. The fraction of sp³-hybridized carbons (Fsp3) is 0.459. The van der Waals surface area contributed by atoms with Crippen molar-refractivity contribution in [1.29, 1.82) is 0 Å². The summed E-state index contributed by atoms with van der Waals surface area (Å²) in [5.74, 6) is 0.107. The number of pyridine rings is 1. The van der Waals surface area contributed by atoms with Gasteiger partial charge in [-0.1, -0.05) is 12.1 Å². The molecule has 45 heavy (non-hydrogen) atoms. The van der Waals surface area contributed by atoms with Gasteiger partial charge in [-0.05, 0) is 99.4 Å². The summed E-state index contributed by atoms with van der Waals surface area (Å²) in [6.45, 7) is 14.6. The first-order valence-corrected chi connectivity index (χ1v) is 16.6. The number of piperazine rings is 1. The molecule has 4 saturated heterocycles. The highest BCUT2D eigenvalue weighted by Crippen LogP contribution is 2.39. The van der Waals surface area contributed by atoms with Crippen LogP contribution in [0.15, 0.2) is 54.9 Å². The van der Waals surface area contributed by atoms with E-state index in [0.29, 0.717) is 0 Å². The lowest BCUT2D eigenvalue weighted by Gasteiger charge is -2.54. The van der Waals surface area contributed by atoms with Crippen LogP contribution in [0.3, 0.4) is 0 Å². The summed E-state index contributed by atoms with van der Waals surface area (Å²) in [5.41, 5.74) is 10.4. The number of H-pyrrole nitrogens is 1. The number of nitrogens with zero attached hydrogens (tertiary/aromatic N) is 5. The SMILES string of the molecule is Cc1cc(-c2cnc3[nH]cc(-c4ccc(C(=O)N5CC6(COC6)C5)cc4)c3c2)cc(C)c1N1CCN(C2CCN(C)CC2)CC1. The highest BCUT2D eigenvalue weighted by molar-refractivity contribution is 5.98. The molecule has 0 unspecified atom stereocenters. The highest BCUT2D eigenvalue weighted by atomic mass is 16.5. The molecule has 2 aromatic heterocycles. The summed E-state index contributed by atoms with van der Waals surface area (Å²) in [6, 6.07) is 15.7. The number of carbonyl (C=O) groups is 1. The summed E-state index contributed by atoms with van der Waals surface area (Å²) >= 11 is 0. The summed E-state index contributed by atoms with van der Waals surface area (Å²) in [4.78, 5) is 30.9. The third kappa shape index (κ3) is 5.23. The van der Waals surface area contributed by atoms with Crippen LogP contribution < -0.4 is 4.90 Å². The van der Waals surface area contributed by atoms with Crippen molar-refractivity contribution in [2.24, 2.45) is 5.41 Å². The molecule has 4 aliphatic heterocycles. The first kappa shape index (κ1) is 28.7. The van der Waals surface area contributed by atoms with Gasteiger partial charge >= 0.3 is 0 Å². The summed E-state index contributed by atoms with van der Waals surface area (Å²) in [6.07, 6.45) is 6.60. The molecule has 8 rings (SSSR count). The van der Waals surface area contributed by atoms with Crippen molar-refractivity contribution in [2.45, 2.75) is 32.7 Å². The van der Waals surface area contributed by atoms with Crippen molar-refractivity contribution in [3.05, 3.63) is 71.5 Å². The van der Waals surface area contributed by atoms with E-state index in [4.69, 9.17) is 9.72 Å². The Bertz CT molecular complexity index is 1690. The van der Waals surface area contributed by atoms with Crippen LogP contribution >= 0.6 is 0 Å². The molecule has 234 valence electrons. The number of aryl methyl sites for hydroxylation is 2. The maximum atomic E-state index is 13.0. The van der Waals surface area contributed by atoms with E-state index in [1.165, 1.54) is 48.3 Å². The Morgan fingerprint density at radius 1 is 0.889 bits per heavy atom. The van der Waals surface area contributed by atoms with Crippen molar-refractivity contribution < 1.29 is 9.53 Å². The predicted octanol–water partition coefficient (Wildman–Crippen LogP) is 5.20. The van der Waals surface area contributed by atoms with E-state index in [9.17, 15) is 4.79 Å². The zero-order valence-corrected chi connectivity index (χ0v) is 26.8. The Hall–Kier alpha value is -3.72. The number of carbonyl (C=O) groups excluding carboxylic acids is 1. The topological polar surface area (TPSA) is 67.9 Å². The molecule has 4 fully saturated rings. The van der Waals surface area contributed by atoms with E-state index < -0.39 is 0 Å². The maximum absolute atomic E-state index is 13.0. The molecule has 1 N–H and O–H groups in total. The molecule has 0 atom stereocenters. The molecule has 1 spiro atoms. The zero-order valence-electron chi connectivity index (χ0n) is 26.8. The molecule has 0 aliphatic carbocycles. The number of aromatic amines is 1. The average Bonchev–Trinajstić information content (AvgIpc) is 3.43. The molecule has 0 saturated carbocycles. The minimum atomic E-state index is 0.107. The smallest absolute Gasteiger partial charge is 0.253 e. The molecule has 4 aromatic rings. The molecule has 8 nitrogen and oxygen atoms in total. The van der Waals surface area contributed by atoms with Gasteiger partial charge in [-0.15, -0.1) is 0 Å². The van der Waals surface area contributed by atoms with Crippen molar-refractivity contribution >= 4 is 22.6 Å². The number of rotatable bonds is 5. The minimum absolute atomic E-state index is 0.107. The molecule has 8 heteroatoms. The van der Waals surface area contributed by atoms with Crippen LogP contribution in [0.25, 0.3) is 33.3 Å². The van der Waals surface area contributed by atoms with E-state index >= 15 is 0 Å². The van der Waals surface area contributed by atoms with Gasteiger partial charge in [0.1, 0.15) is 5.65 Å². The van der Waals surface area contributed by atoms with Gasteiger partial charge in [-0.3, -0.25) is 9.69 Å². The Morgan fingerprint density at radius 2 is 1.58 bits per heavy atom. The Morgan fingerprint density at radius 3 is 2.22 bits per heavy atom. The van der Waals surface area contributed by atoms with Gasteiger partial charge in [-0.2, -0.15) is 0 Å². The summed E-state index contributed by atoms with van der Waals surface area (Å²) < 4.78 is 5.36. The Kier molecular flexibility index (Phi) is 7.19. The third-order valence-corrected chi connectivity index (χ3v) is 10.8. The van der Waals surface area contributed by atoms with Gasteiger partial charge in [0.05, 0.1) is 18.6 Å². The van der Waals surface area contributed by atoms with Crippen molar-refractivity contribution in [1.82, 2.24) is 24.7 Å².